The molecule has 2 rings (SSSR count). The van der Waals surface area contributed by atoms with Crippen molar-refractivity contribution in [2.24, 2.45) is 5.73 Å². The van der Waals surface area contributed by atoms with E-state index in [4.69, 9.17) is 5.73 Å². The van der Waals surface area contributed by atoms with Gasteiger partial charge < -0.3 is 10.8 Å². The second kappa shape index (κ2) is 4.82. The number of aromatic hydroxyl groups is 1. The van der Waals surface area contributed by atoms with Gasteiger partial charge in [-0.05, 0) is 47.9 Å². The van der Waals surface area contributed by atoms with E-state index in [0.717, 1.165) is 5.56 Å². The molecule has 1 aliphatic carbocycles. The molecule has 0 unspecified atom stereocenters. The molecule has 0 saturated heterocycles. The number of hydrogen-bond acceptors (Lipinski definition) is 2. The second-order valence-electron chi connectivity index (χ2n) is 7.13. The van der Waals surface area contributed by atoms with E-state index < -0.39 is 0 Å². The molecule has 0 aromatic heterocycles. The Morgan fingerprint density at radius 1 is 1.21 bits per heavy atom. The van der Waals surface area contributed by atoms with Crippen LogP contribution in [-0.2, 0) is 10.8 Å². The minimum atomic E-state index is -0.0407. The molecule has 0 radical (unpaired) electrons. The van der Waals surface area contributed by atoms with Crippen molar-refractivity contribution in [1.82, 2.24) is 0 Å². The molecule has 3 N–H and O–H groups in total. The summed E-state index contributed by atoms with van der Waals surface area (Å²) in [6, 6.07) is 4.13. The van der Waals surface area contributed by atoms with Gasteiger partial charge in [-0.15, -0.1) is 0 Å². The maximum atomic E-state index is 10.2. The third-order valence-corrected chi connectivity index (χ3v) is 4.67. The standard InChI is InChI=1S/C17H27NO/c1-12-9-15(19)14(16(2,3)4)10-13(12)17(11-18)7-5-6-8-17/h9-10,19H,5-8,11,18H2,1-4H3. The highest BCUT2D eigenvalue weighted by Crippen LogP contribution is 2.44. The molecular formula is C17H27NO. The minimum Gasteiger partial charge on any atom is -0.508 e. The monoisotopic (exact) mass is 261 g/mol. The first-order valence-corrected chi connectivity index (χ1v) is 7.35. The van der Waals surface area contributed by atoms with Crippen LogP contribution in [0.3, 0.4) is 0 Å². The van der Waals surface area contributed by atoms with Gasteiger partial charge in [0.05, 0.1) is 0 Å². The first-order valence-electron chi connectivity index (χ1n) is 7.35. The average Bonchev–Trinajstić information content (AvgIpc) is 2.77. The summed E-state index contributed by atoms with van der Waals surface area (Å²) in [5.74, 6) is 0.416. The molecule has 1 aromatic carbocycles. The van der Waals surface area contributed by atoms with Crippen LogP contribution >= 0.6 is 0 Å². The van der Waals surface area contributed by atoms with Crippen LogP contribution in [0.2, 0.25) is 0 Å². The molecule has 0 spiro atoms. The first-order chi connectivity index (χ1) is 8.80. The van der Waals surface area contributed by atoms with Gasteiger partial charge in [-0.25, -0.2) is 0 Å². The number of nitrogens with two attached hydrogens (primary N) is 1. The summed E-state index contributed by atoms with van der Waals surface area (Å²) in [5.41, 5.74) is 9.77. The molecule has 106 valence electrons. The van der Waals surface area contributed by atoms with Crippen molar-refractivity contribution in [3.63, 3.8) is 0 Å². The Balaban J connectivity index is 2.57. The van der Waals surface area contributed by atoms with Gasteiger partial charge in [0.2, 0.25) is 0 Å². The van der Waals surface area contributed by atoms with Crippen molar-refractivity contribution >= 4 is 0 Å². The Labute approximate surface area is 117 Å². The van der Waals surface area contributed by atoms with Gasteiger partial charge in [0.1, 0.15) is 5.75 Å². The van der Waals surface area contributed by atoms with Gasteiger partial charge in [-0.1, -0.05) is 39.7 Å². The van der Waals surface area contributed by atoms with Crippen LogP contribution in [0.5, 0.6) is 5.75 Å². The molecule has 1 aromatic rings. The lowest BCUT2D eigenvalue weighted by molar-refractivity contribution is 0.431. The van der Waals surface area contributed by atoms with Crippen molar-refractivity contribution in [2.45, 2.75) is 64.2 Å². The van der Waals surface area contributed by atoms with Crippen LogP contribution in [0.4, 0.5) is 0 Å². The van der Waals surface area contributed by atoms with E-state index >= 15 is 0 Å². The van der Waals surface area contributed by atoms with E-state index in [1.54, 1.807) is 0 Å². The molecule has 2 heteroatoms. The summed E-state index contributed by atoms with van der Waals surface area (Å²) in [7, 11) is 0. The molecule has 0 heterocycles. The Hall–Kier alpha value is -1.02. The zero-order valence-electron chi connectivity index (χ0n) is 12.7. The van der Waals surface area contributed by atoms with Crippen LogP contribution in [0, 0.1) is 6.92 Å². The first kappa shape index (κ1) is 14.4. The minimum absolute atomic E-state index is 0.0407. The summed E-state index contributed by atoms with van der Waals surface area (Å²) in [5, 5.41) is 10.2. The van der Waals surface area contributed by atoms with E-state index in [1.165, 1.54) is 36.8 Å². The highest BCUT2D eigenvalue weighted by atomic mass is 16.3. The van der Waals surface area contributed by atoms with Crippen molar-refractivity contribution in [2.75, 3.05) is 6.54 Å². The fourth-order valence-corrected chi connectivity index (χ4v) is 3.50. The van der Waals surface area contributed by atoms with E-state index in [9.17, 15) is 5.11 Å². The number of phenolic OH excluding ortho intramolecular Hbond substituents is 1. The van der Waals surface area contributed by atoms with Crippen LogP contribution in [-0.4, -0.2) is 11.7 Å². The molecule has 0 atom stereocenters. The molecule has 0 bridgehead atoms. The predicted molar refractivity (Wildman–Crippen MR) is 80.7 cm³/mol. The van der Waals surface area contributed by atoms with Crippen molar-refractivity contribution in [3.05, 3.63) is 28.8 Å². The van der Waals surface area contributed by atoms with Gasteiger partial charge in [-0.2, -0.15) is 0 Å². The van der Waals surface area contributed by atoms with E-state index in [0.29, 0.717) is 12.3 Å². The largest absolute Gasteiger partial charge is 0.508 e. The average molecular weight is 261 g/mol. The summed E-state index contributed by atoms with van der Waals surface area (Å²) in [4.78, 5) is 0. The molecule has 19 heavy (non-hydrogen) atoms. The molecule has 1 aliphatic rings. The lowest BCUT2D eigenvalue weighted by Gasteiger charge is -2.32. The normalized spacial score (nSPS) is 18.8. The highest BCUT2D eigenvalue weighted by Gasteiger charge is 2.36. The molecule has 0 amide bonds. The zero-order valence-corrected chi connectivity index (χ0v) is 12.7. The summed E-state index contributed by atoms with van der Waals surface area (Å²) < 4.78 is 0. The van der Waals surface area contributed by atoms with E-state index in [-0.39, 0.29) is 10.8 Å². The number of hydrogen-bond donors (Lipinski definition) is 2. The summed E-state index contributed by atoms with van der Waals surface area (Å²) in [6.07, 6.45) is 4.89. The molecule has 2 nitrogen and oxygen atoms in total. The maximum absolute atomic E-state index is 10.2. The highest BCUT2D eigenvalue weighted by molar-refractivity contribution is 5.48. The maximum Gasteiger partial charge on any atom is 0.119 e. The third kappa shape index (κ3) is 2.51. The molecule has 1 saturated carbocycles. The lowest BCUT2D eigenvalue weighted by Crippen LogP contribution is -2.33. The Morgan fingerprint density at radius 3 is 2.26 bits per heavy atom. The van der Waals surface area contributed by atoms with Crippen LogP contribution < -0.4 is 5.73 Å². The number of phenols is 1. The van der Waals surface area contributed by atoms with Crippen molar-refractivity contribution in [1.29, 1.82) is 0 Å². The number of benzene rings is 1. The van der Waals surface area contributed by atoms with E-state index in [1.807, 2.05) is 6.07 Å². The van der Waals surface area contributed by atoms with Crippen molar-refractivity contribution in [3.8, 4) is 5.75 Å². The van der Waals surface area contributed by atoms with Crippen molar-refractivity contribution < 1.29 is 5.11 Å². The Morgan fingerprint density at radius 2 is 1.79 bits per heavy atom. The van der Waals surface area contributed by atoms with Gasteiger partial charge in [-0.3, -0.25) is 0 Å². The fourth-order valence-electron chi connectivity index (χ4n) is 3.50. The van der Waals surface area contributed by atoms with Gasteiger partial charge >= 0.3 is 0 Å². The zero-order chi connectivity index (χ0) is 14.3. The van der Waals surface area contributed by atoms with Gasteiger partial charge in [0, 0.05) is 12.0 Å². The van der Waals surface area contributed by atoms with Crippen LogP contribution in [0.1, 0.15) is 63.1 Å². The quantitative estimate of drug-likeness (QED) is 0.851. The van der Waals surface area contributed by atoms with Crippen LogP contribution in [0.15, 0.2) is 12.1 Å². The van der Waals surface area contributed by atoms with Gasteiger partial charge in [0.25, 0.3) is 0 Å². The Bertz CT molecular complexity index is 465. The SMILES string of the molecule is Cc1cc(O)c(C(C)(C)C)cc1C1(CN)CCCC1. The molecule has 0 aliphatic heterocycles. The molecule has 1 fully saturated rings. The van der Waals surface area contributed by atoms with Crippen LogP contribution in [0.25, 0.3) is 0 Å². The second-order valence-corrected chi connectivity index (χ2v) is 7.13. The van der Waals surface area contributed by atoms with E-state index in [2.05, 4.69) is 33.8 Å². The summed E-state index contributed by atoms with van der Waals surface area (Å²) in [6.45, 7) is 9.24. The topological polar surface area (TPSA) is 46.2 Å². The number of aryl methyl sites for hydroxylation is 1. The summed E-state index contributed by atoms with van der Waals surface area (Å²) >= 11 is 0. The number of rotatable bonds is 2. The third-order valence-electron chi connectivity index (χ3n) is 4.67. The smallest absolute Gasteiger partial charge is 0.119 e. The van der Waals surface area contributed by atoms with Gasteiger partial charge in [0.15, 0.2) is 0 Å². The Kier molecular flexibility index (Phi) is 3.65. The predicted octanol–water partition coefficient (Wildman–Crippen LogP) is 3.77. The lowest BCUT2D eigenvalue weighted by atomic mass is 9.74. The molecular weight excluding hydrogens is 234 g/mol. The fraction of sp³-hybridized carbons (Fsp3) is 0.647.